The molecule has 1 aromatic heterocycles. The van der Waals surface area contributed by atoms with E-state index in [0.29, 0.717) is 20.6 Å². The molecule has 1 aromatic carbocycles. The summed E-state index contributed by atoms with van der Waals surface area (Å²) in [5.41, 5.74) is 0.615. The minimum Gasteiger partial charge on any atom is -0.464 e. The molecule has 0 aliphatic rings. The van der Waals surface area contributed by atoms with Crippen LogP contribution in [0, 0.1) is 0 Å². The average molecular weight is 330 g/mol. The van der Waals surface area contributed by atoms with Crippen LogP contribution in [0.15, 0.2) is 18.2 Å². The number of carbonyl (C=O) groups excluding carboxylic acids is 2. The van der Waals surface area contributed by atoms with E-state index in [2.05, 4.69) is 9.72 Å². The van der Waals surface area contributed by atoms with Gasteiger partial charge in [-0.2, -0.15) is 0 Å². The van der Waals surface area contributed by atoms with Crippen LogP contribution in [0.3, 0.4) is 0 Å². The highest BCUT2D eigenvalue weighted by atomic mass is 35.5. The van der Waals surface area contributed by atoms with Crippen LogP contribution in [0.25, 0.3) is 10.6 Å². The van der Waals surface area contributed by atoms with Crippen LogP contribution < -0.4 is 0 Å². The molecule has 0 radical (unpaired) electrons. The van der Waals surface area contributed by atoms with Crippen LogP contribution in [-0.4, -0.2) is 23.8 Å². The number of esters is 1. The Labute approximate surface area is 129 Å². The lowest BCUT2D eigenvalue weighted by Crippen LogP contribution is -2.06. The number of rotatable bonds is 3. The Morgan fingerprint density at radius 3 is 2.55 bits per heavy atom. The van der Waals surface area contributed by atoms with Gasteiger partial charge in [0.1, 0.15) is 9.88 Å². The van der Waals surface area contributed by atoms with E-state index in [1.807, 2.05) is 0 Å². The number of Topliss-reactive ketones (excluding diaryl/α,β-unsaturated/α-hetero) is 1. The Hall–Kier alpha value is -1.43. The van der Waals surface area contributed by atoms with Crippen molar-refractivity contribution >= 4 is 46.3 Å². The second kappa shape index (κ2) is 5.91. The number of nitrogens with zero attached hydrogens (tertiary/aromatic N) is 1. The fraction of sp³-hybridized carbons (Fsp3) is 0.154. The molecule has 0 saturated heterocycles. The number of thiazole rings is 1. The summed E-state index contributed by atoms with van der Waals surface area (Å²) in [4.78, 5) is 27.6. The molecule has 20 heavy (non-hydrogen) atoms. The van der Waals surface area contributed by atoms with Crippen molar-refractivity contribution in [3.63, 3.8) is 0 Å². The first kappa shape index (κ1) is 15.0. The minimum atomic E-state index is -0.650. The summed E-state index contributed by atoms with van der Waals surface area (Å²) in [6, 6.07) is 4.93. The highest BCUT2D eigenvalue weighted by Crippen LogP contribution is 2.34. The zero-order chi connectivity index (χ0) is 14.9. The van der Waals surface area contributed by atoms with Gasteiger partial charge in [0.2, 0.25) is 0 Å². The maximum Gasteiger partial charge on any atom is 0.358 e. The van der Waals surface area contributed by atoms with E-state index in [0.717, 1.165) is 11.3 Å². The Bertz CT molecular complexity index is 697. The largest absolute Gasteiger partial charge is 0.464 e. The van der Waals surface area contributed by atoms with Gasteiger partial charge < -0.3 is 4.74 Å². The van der Waals surface area contributed by atoms with Crippen molar-refractivity contribution in [3.05, 3.63) is 38.8 Å². The molecule has 0 aliphatic carbocycles. The Balaban J connectivity index is 2.58. The molecule has 0 unspecified atom stereocenters. The summed E-state index contributed by atoms with van der Waals surface area (Å²) in [7, 11) is 1.24. The number of ketones is 1. The van der Waals surface area contributed by atoms with Crippen molar-refractivity contribution < 1.29 is 14.3 Å². The third kappa shape index (κ3) is 2.85. The van der Waals surface area contributed by atoms with Gasteiger partial charge >= 0.3 is 5.97 Å². The highest BCUT2D eigenvalue weighted by Gasteiger charge is 2.23. The molecule has 4 nitrogen and oxygen atoms in total. The molecule has 2 rings (SSSR count). The van der Waals surface area contributed by atoms with Gasteiger partial charge in [-0.05, 0) is 18.2 Å². The smallest absolute Gasteiger partial charge is 0.358 e. The molecule has 0 atom stereocenters. The van der Waals surface area contributed by atoms with Crippen LogP contribution in [0.2, 0.25) is 10.0 Å². The number of hydrogen-bond acceptors (Lipinski definition) is 5. The topological polar surface area (TPSA) is 56.3 Å². The van der Waals surface area contributed by atoms with Crippen LogP contribution in [0.4, 0.5) is 0 Å². The van der Waals surface area contributed by atoms with Crippen molar-refractivity contribution in [3.8, 4) is 10.6 Å². The number of halogens is 2. The Kier molecular flexibility index (Phi) is 4.42. The van der Waals surface area contributed by atoms with Gasteiger partial charge in [-0.1, -0.05) is 23.2 Å². The van der Waals surface area contributed by atoms with E-state index >= 15 is 0 Å². The predicted molar refractivity (Wildman–Crippen MR) is 78.9 cm³/mol. The molecule has 0 bridgehead atoms. The van der Waals surface area contributed by atoms with Gasteiger partial charge in [-0.25, -0.2) is 9.78 Å². The summed E-state index contributed by atoms with van der Waals surface area (Å²) in [5, 5.41) is 1.37. The maximum absolute atomic E-state index is 11.6. The first-order valence-corrected chi connectivity index (χ1v) is 7.06. The standard InChI is InChI=1S/C13H9Cl2NO3S/c1-6(17)11-10(13(18)19-2)16-12(20-11)8-4-3-7(14)5-9(8)15/h3-5H,1-2H3. The molecule has 1 heterocycles. The second-order valence-corrected chi connectivity index (χ2v) is 5.71. The van der Waals surface area contributed by atoms with Gasteiger partial charge in [0.25, 0.3) is 0 Å². The Morgan fingerprint density at radius 2 is 2.00 bits per heavy atom. The molecule has 0 amide bonds. The van der Waals surface area contributed by atoms with Crippen molar-refractivity contribution in [1.82, 2.24) is 4.98 Å². The van der Waals surface area contributed by atoms with Crippen LogP contribution in [0.5, 0.6) is 0 Å². The molecule has 0 N–H and O–H groups in total. The lowest BCUT2D eigenvalue weighted by Gasteiger charge is -2.00. The van der Waals surface area contributed by atoms with E-state index < -0.39 is 5.97 Å². The molecule has 104 valence electrons. The average Bonchev–Trinajstić information content (AvgIpc) is 2.82. The van der Waals surface area contributed by atoms with Crippen molar-refractivity contribution in [1.29, 1.82) is 0 Å². The van der Waals surface area contributed by atoms with Crippen molar-refractivity contribution in [2.45, 2.75) is 6.92 Å². The molecular formula is C13H9Cl2NO3S. The number of benzene rings is 1. The maximum atomic E-state index is 11.6. The van der Waals surface area contributed by atoms with E-state index in [1.165, 1.54) is 14.0 Å². The predicted octanol–water partition coefficient (Wildman–Crippen LogP) is 4.11. The van der Waals surface area contributed by atoms with E-state index in [4.69, 9.17) is 23.2 Å². The normalized spacial score (nSPS) is 10.4. The van der Waals surface area contributed by atoms with Crippen LogP contribution in [0.1, 0.15) is 27.1 Å². The fourth-order valence-electron chi connectivity index (χ4n) is 1.57. The quantitative estimate of drug-likeness (QED) is 0.628. The lowest BCUT2D eigenvalue weighted by molar-refractivity contribution is 0.0591. The minimum absolute atomic E-state index is 0.00557. The van der Waals surface area contributed by atoms with Gasteiger partial charge in [-0.3, -0.25) is 4.79 Å². The molecule has 7 heteroatoms. The van der Waals surface area contributed by atoms with Gasteiger partial charge in [0.15, 0.2) is 11.5 Å². The number of aromatic nitrogens is 1. The number of hydrogen-bond donors (Lipinski definition) is 0. The number of carbonyl (C=O) groups is 2. The molecular weight excluding hydrogens is 321 g/mol. The summed E-state index contributed by atoms with van der Waals surface area (Å²) in [5.74, 6) is -0.901. The van der Waals surface area contributed by atoms with Gasteiger partial charge in [-0.15, -0.1) is 11.3 Å². The SMILES string of the molecule is COC(=O)c1nc(-c2ccc(Cl)cc2Cl)sc1C(C)=O. The molecule has 0 saturated carbocycles. The van der Waals surface area contributed by atoms with E-state index in [-0.39, 0.29) is 16.4 Å². The monoisotopic (exact) mass is 329 g/mol. The number of ether oxygens (including phenoxy) is 1. The zero-order valence-electron chi connectivity index (χ0n) is 10.6. The van der Waals surface area contributed by atoms with Crippen LogP contribution in [-0.2, 0) is 4.74 Å². The van der Waals surface area contributed by atoms with Gasteiger partial charge in [0, 0.05) is 17.5 Å². The third-order valence-electron chi connectivity index (χ3n) is 2.49. The van der Waals surface area contributed by atoms with Gasteiger partial charge in [0.05, 0.1) is 12.1 Å². The zero-order valence-corrected chi connectivity index (χ0v) is 12.9. The molecule has 2 aromatic rings. The van der Waals surface area contributed by atoms with E-state index in [9.17, 15) is 9.59 Å². The summed E-state index contributed by atoms with van der Waals surface area (Å²) in [6.45, 7) is 1.37. The first-order valence-electron chi connectivity index (χ1n) is 5.49. The Morgan fingerprint density at radius 1 is 1.30 bits per heavy atom. The third-order valence-corrected chi connectivity index (χ3v) is 4.22. The fourth-order valence-corrected chi connectivity index (χ4v) is 3.11. The summed E-state index contributed by atoms with van der Waals surface area (Å²) >= 11 is 13.0. The van der Waals surface area contributed by atoms with Crippen LogP contribution >= 0.6 is 34.5 Å². The molecule has 0 aliphatic heterocycles. The van der Waals surface area contributed by atoms with E-state index in [1.54, 1.807) is 18.2 Å². The lowest BCUT2D eigenvalue weighted by atomic mass is 10.2. The molecule has 0 fully saturated rings. The summed E-state index contributed by atoms with van der Waals surface area (Å²) < 4.78 is 4.62. The van der Waals surface area contributed by atoms with Crippen molar-refractivity contribution in [2.24, 2.45) is 0 Å². The second-order valence-electron chi connectivity index (χ2n) is 3.87. The van der Waals surface area contributed by atoms with Crippen molar-refractivity contribution in [2.75, 3.05) is 7.11 Å². The highest BCUT2D eigenvalue weighted by molar-refractivity contribution is 7.17. The number of methoxy groups -OCH3 is 1. The summed E-state index contributed by atoms with van der Waals surface area (Å²) in [6.07, 6.45) is 0. The molecule has 0 spiro atoms. The first-order chi connectivity index (χ1) is 9.43.